The molecule has 0 aliphatic rings. The van der Waals surface area contributed by atoms with E-state index in [2.05, 4.69) is 4.98 Å². The van der Waals surface area contributed by atoms with Crippen LogP contribution >= 0.6 is 11.6 Å². The van der Waals surface area contributed by atoms with Gasteiger partial charge in [0.25, 0.3) is 5.56 Å². The van der Waals surface area contributed by atoms with E-state index in [4.69, 9.17) is 16.3 Å². The van der Waals surface area contributed by atoms with Crippen LogP contribution in [0, 0.1) is 0 Å². The minimum atomic E-state index is -0.549. The Morgan fingerprint density at radius 2 is 2.10 bits per heavy atom. The fourth-order valence-electron chi connectivity index (χ4n) is 2.04. The minimum Gasteiger partial charge on any atom is -0.380 e. The van der Waals surface area contributed by atoms with Gasteiger partial charge in [0.15, 0.2) is 0 Å². The largest absolute Gasteiger partial charge is 0.380 e. The van der Waals surface area contributed by atoms with E-state index in [1.165, 1.54) is 0 Å². The van der Waals surface area contributed by atoms with Crippen molar-refractivity contribution in [2.45, 2.75) is 20.0 Å². The van der Waals surface area contributed by atoms with Gasteiger partial charge in [0, 0.05) is 7.11 Å². The fraction of sp³-hybridized carbons (Fsp3) is 0.286. The van der Waals surface area contributed by atoms with Crippen LogP contribution in [0.5, 0.6) is 0 Å². The molecule has 5 nitrogen and oxygen atoms in total. The van der Waals surface area contributed by atoms with Gasteiger partial charge in [0.2, 0.25) is 0 Å². The van der Waals surface area contributed by atoms with E-state index >= 15 is 0 Å². The van der Waals surface area contributed by atoms with Crippen LogP contribution in [0.4, 0.5) is 0 Å². The number of rotatable bonds is 4. The smallest absolute Gasteiger partial charge is 0.334 e. The van der Waals surface area contributed by atoms with E-state index in [1.807, 2.05) is 13.0 Å². The predicted molar refractivity (Wildman–Crippen MR) is 77.8 cm³/mol. The second kappa shape index (κ2) is 6.07. The Hall–Kier alpha value is -1.85. The Balaban J connectivity index is 2.67. The summed E-state index contributed by atoms with van der Waals surface area (Å²) in [6, 6.07) is 7.08. The lowest BCUT2D eigenvalue weighted by Crippen LogP contribution is -2.36. The Labute approximate surface area is 120 Å². The third kappa shape index (κ3) is 2.69. The van der Waals surface area contributed by atoms with Crippen molar-refractivity contribution in [3.05, 3.63) is 61.4 Å². The topological polar surface area (TPSA) is 64.1 Å². The number of aromatic amines is 1. The first-order valence-corrected chi connectivity index (χ1v) is 6.58. The number of methoxy groups -OCH3 is 1. The van der Waals surface area contributed by atoms with Crippen molar-refractivity contribution in [3.8, 4) is 5.69 Å². The zero-order valence-electron chi connectivity index (χ0n) is 11.3. The summed E-state index contributed by atoms with van der Waals surface area (Å²) >= 11 is 5.89. The van der Waals surface area contributed by atoms with Crippen LogP contribution in [0.3, 0.4) is 0 Å². The highest BCUT2D eigenvalue weighted by atomic mass is 35.5. The van der Waals surface area contributed by atoms with E-state index in [0.717, 1.165) is 10.1 Å². The van der Waals surface area contributed by atoms with Crippen molar-refractivity contribution in [2.24, 2.45) is 0 Å². The summed E-state index contributed by atoms with van der Waals surface area (Å²) in [6.07, 6.45) is 0.451. The first-order chi connectivity index (χ1) is 9.58. The molecule has 106 valence electrons. The van der Waals surface area contributed by atoms with Gasteiger partial charge >= 0.3 is 5.69 Å². The molecular weight excluding hydrogens is 280 g/mol. The van der Waals surface area contributed by atoms with Crippen molar-refractivity contribution >= 4 is 11.6 Å². The van der Waals surface area contributed by atoms with Crippen LogP contribution in [-0.4, -0.2) is 16.7 Å². The third-order valence-corrected chi connectivity index (χ3v) is 3.30. The standard InChI is InChI=1S/C14H15ClN2O3/c1-3-11-12(15)16-14(19)17(13(11)18)10-6-4-5-9(7-10)8-20-2/h4-7H,3,8H2,1-2H3,(H,16,19). The van der Waals surface area contributed by atoms with Crippen LogP contribution in [0.25, 0.3) is 5.69 Å². The molecule has 1 N–H and O–H groups in total. The molecule has 1 aromatic carbocycles. The quantitative estimate of drug-likeness (QED) is 0.876. The monoisotopic (exact) mass is 294 g/mol. The number of hydrogen-bond donors (Lipinski definition) is 1. The molecule has 0 saturated heterocycles. The molecule has 0 spiro atoms. The zero-order valence-corrected chi connectivity index (χ0v) is 12.0. The molecule has 6 heteroatoms. The summed E-state index contributed by atoms with van der Waals surface area (Å²) in [5.74, 6) is 0. The number of nitrogens with one attached hydrogen (secondary N) is 1. The summed E-state index contributed by atoms with van der Waals surface area (Å²) in [7, 11) is 1.59. The SMILES string of the molecule is CCc1c(Cl)[nH]c(=O)n(-c2cccc(COC)c2)c1=O. The van der Waals surface area contributed by atoms with Gasteiger partial charge in [-0.3, -0.25) is 9.78 Å². The van der Waals surface area contributed by atoms with Crippen LogP contribution in [-0.2, 0) is 17.8 Å². The highest BCUT2D eigenvalue weighted by molar-refractivity contribution is 6.30. The number of H-pyrrole nitrogens is 1. The van der Waals surface area contributed by atoms with Crippen LogP contribution in [0.2, 0.25) is 5.15 Å². The summed E-state index contributed by atoms with van der Waals surface area (Å²) in [6.45, 7) is 2.22. The molecule has 2 rings (SSSR count). The Morgan fingerprint density at radius 1 is 1.35 bits per heavy atom. The number of hydrogen-bond acceptors (Lipinski definition) is 3. The maximum atomic E-state index is 12.3. The number of benzene rings is 1. The molecule has 2 aromatic rings. The lowest BCUT2D eigenvalue weighted by molar-refractivity contribution is 0.185. The average Bonchev–Trinajstić information content (AvgIpc) is 2.39. The molecule has 0 aliphatic heterocycles. The molecule has 0 saturated carbocycles. The van der Waals surface area contributed by atoms with Crippen molar-refractivity contribution < 1.29 is 4.74 Å². The number of halogens is 1. The third-order valence-electron chi connectivity index (χ3n) is 2.98. The number of nitrogens with zero attached hydrogens (tertiary/aromatic N) is 1. The summed E-state index contributed by atoms with van der Waals surface area (Å²) in [4.78, 5) is 26.8. The first kappa shape index (κ1) is 14.6. The first-order valence-electron chi connectivity index (χ1n) is 6.20. The second-order valence-electron chi connectivity index (χ2n) is 4.32. The van der Waals surface area contributed by atoms with Gasteiger partial charge in [0.1, 0.15) is 5.15 Å². The summed E-state index contributed by atoms with van der Waals surface area (Å²) < 4.78 is 6.14. The van der Waals surface area contributed by atoms with Gasteiger partial charge < -0.3 is 4.74 Å². The molecule has 0 bridgehead atoms. The molecule has 0 unspecified atom stereocenters. The van der Waals surface area contributed by atoms with Crippen molar-refractivity contribution in [2.75, 3.05) is 7.11 Å². The fourth-order valence-corrected chi connectivity index (χ4v) is 2.33. The molecule has 1 aromatic heterocycles. The highest BCUT2D eigenvalue weighted by Crippen LogP contribution is 2.11. The molecule has 0 fully saturated rings. The van der Waals surface area contributed by atoms with Crippen molar-refractivity contribution in [1.82, 2.24) is 9.55 Å². The molecular formula is C14H15ClN2O3. The van der Waals surface area contributed by atoms with Crippen LogP contribution in [0.15, 0.2) is 33.9 Å². The zero-order chi connectivity index (χ0) is 14.7. The molecule has 0 amide bonds. The maximum Gasteiger partial charge on any atom is 0.334 e. The van der Waals surface area contributed by atoms with Gasteiger partial charge in [0.05, 0.1) is 17.9 Å². The average molecular weight is 295 g/mol. The van der Waals surface area contributed by atoms with E-state index in [9.17, 15) is 9.59 Å². The molecule has 0 atom stereocenters. The molecule has 20 heavy (non-hydrogen) atoms. The summed E-state index contributed by atoms with van der Waals surface area (Å²) in [5.41, 5.74) is 0.826. The van der Waals surface area contributed by atoms with E-state index in [0.29, 0.717) is 24.3 Å². The molecule has 0 aliphatic carbocycles. The summed E-state index contributed by atoms with van der Waals surface area (Å²) in [5, 5.41) is 0.104. The van der Waals surface area contributed by atoms with E-state index in [1.54, 1.807) is 25.3 Å². The lowest BCUT2D eigenvalue weighted by atomic mass is 10.2. The second-order valence-corrected chi connectivity index (χ2v) is 4.70. The predicted octanol–water partition coefficient (Wildman–Crippen LogP) is 1.89. The number of aromatic nitrogens is 2. The maximum absolute atomic E-state index is 12.3. The van der Waals surface area contributed by atoms with Gasteiger partial charge in [-0.25, -0.2) is 9.36 Å². The molecule has 0 radical (unpaired) electrons. The van der Waals surface area contributed by atoms with Gasteiger partial charge in [-0.2, -0.15) is 0 Å². The van der Waals surface area contributed by atoms with E-state index < -0.39 is 11.2 Å². The van der Waals surface area contributed by atoms with E-state index in [-0.39, 0.29) is 5.15 Å². The van der Waals surface area contributed by atoms with Crippen molar-refractivity contribution in [1.29, 1.82) is 0 Å². The normalized spacial score (nSPS) is 10.8. The van der Waals surface area contributed by atoms with Crippen LogP contribution < -0.4 is 11.2 Å². The van der Waals surface area contributed by atoms with Gasteiger partial charge in [-0.15, -0.1) is 0 Å². The Morgan fingerprint density at radius 3 is 2.75 bits per heavy atom. The number of ether oxygens (including phenoxy) is 1. The minimum absolute atomic E-state index is 0.104. The van der Waals surface area contributed by atoms with Gasteiger partial charge in [-0.1, -0.05) is 30.7 Å². The van der Waals surface area contributed by atoms with Crippen LogP contribution in [0.1, 0.15) is 18.1 Å². The van der Waals surface area contributed by atoms with Crippen molar-refractivity contribution in [3.63, 3.8) is 0 Å². The highest BCUT2D eigenvalue weighted by Gasteiger charge is 2.12. The lowest BCUT2D eigenvalue weighted by Gasteiger charge is -2.09. The Kier molecular flexibility index (Phi) is 4.42. The van der Waals surface area contributed by atoms with Gasteiger partial charge in [-0.05, 0) is 24.1 Å². The Bertz CT molecular complexity index is 734. The molecule has 1 heterocycles.